The van der Waals surface area contributed by atoms with E-state index in [1.165, 1.54) is 0 Å². The van der Waals surface area contributed by atoms with Gasteiger partial charge in [0.15, 0.2) is 0 Å². The maximum atomic E-state index is 6.08. The molecule has 0 saturated heterocycles. The molecule has 0 fully saturated rings. The summed E-state index contributed by atoms with van der Waals surface area (Å²) >= 11 is 6.08. The Bertz CT molecular complexity index is 413. The van der Waals surface area contributed by atoms with E-state index in [-0.39, 0.29) is 0 Å². The first kappa shape index (κ1) is 9.64. The normalized spacial score (nSPS) is 10.1. The van der Waals surface area contributed by atoms with Crippen molar-refractivity contribution < 1.29 is 0 Å². The minimum absolute atomic E-state index is 0.731. The van der Waals surface area contributed by atoms with Crippen molar-refractivity contribution >= 4 is 26.1 Å². The lowest BCUT2D eigenvalue weighted by atomic mass is 10.1. The van der Waals surface area contributed by atoms with Crippen LogP contribution in [0.2, 0.25) is 5.02 Å². The quantitative estimate of drug-likeness (QED) is 0.675. The number of halogens is 1. The second kappa shape index (κ2) is 4.08. The topological polar surface area (TPSA) is 12.9 Å². The fraction of sp³-hybridized carbons (Fsp3) is 0. The first-order chi connectivity index (χ1) is 6.79. The summed E-state index contributed by atoms with van der Waals surface area (Å²) < 4.78 is 0. The van der Waals surface area contributed by atoms with E-state index in [2.05, 4.69) is 14.2 Å². The maximum absolute atomic E-state index is 6.08. The third-order valence-electron chi connectivity index (χ3n) is 1.97. The number of pyridine rings is 1. The molecule has 0 aliphatic carbocycles. The second-order valence-corrected chi connectivity index (χ2v) is 3.95. The van der Waals surface area contributed by atoms with Crippen LogP contribution in [0.1, 0.15) is 0 Å². The number of benzene rings is 1. The average Bonchev–Trinajstić information content (AvgIpc) is 2.20. The van der Waals surface area contributed by atoms with Crippen LogP contribution in [0.15, 0.2) is 42.6 Å². The highest BCUT2D eigenvalue weighted by Crippen LogP contribution is 2.25. The highest BCUT2D eigenvalue weighted by atomic mass is 35.5. The molecule has 2 rings (SSSR count). The zero-order valence-electron chi connectivity index (χ0n) is 7.44. The van der Waals surface area contributed by atoms with Gasteiger partial charge < -0.3 is 0 Å². The van der Waals surface area contributed by atoms with Gasteiger partial charge in [-0.15, -0.1) is 9.24 Å². The van der Waals surface area contributed by atoms with Crippen LogP contribution in [0.3, 0.4) is 0 Å². The molecule has 0 aliphatic rings. The first-order valence-corrected chi connectivity index (χ1v) is 5.20. The second-order valence-electron chi connectivity index (χ2n) is 2.92. The zero-order valence-corrected chi connectivity index (χ0v) is 9.35. The monoisotopic (exact) mass is 221 g/mol. The van der Waals surface area contributed by atoms with Gasteiger partial charge in [0.05, 0.1) is 5.69 Å². The molecule has 1 aromatic heterocycles. The van der Waals surface area contributed by atoms with Crippen molar-refractivity contribution in [3.63, 3.8) is 0 Å². The summed E-state index contributed by atoms with van der Waals surface area (Å²) in [5, 5.41) is 1.79. The Balaban J connectivity index is 2.61. The van der Waals surface area contributed by atoms with E-state index in [4.69, 9.17) is 11.6 Å². The zero-order chi connectivity index (χ0) is 9.97. The molecule has 0 N–H and O–H groups in total. The van der Waals surface area contributed by atoms with Gasteiger partial charge >= 0.3 is 0 Å². The Morgan fingerprint density at radius 2 is 1.86 bits per heavy atom. The maximum Gasteiger partial charge on any atom is 0.0788 e. The van der Waals surface area contributed by atoms with Crippen molar-refractivity contribution in [1.82, 2.24) is 4.98 Å². The lowest BCUT2D eigenvalue weighted by Crippen LogP contribution is -1.99. The molecule has 1 nitrogen and oxygen atoms in total. The molecule has 1 atom stereocenters. The Morgan fingerprint density at radius 1 is 1.07 bits per heavy atom. The Kier molecular flexibility index (Phi) is 2.81. The van der Waals surface area contributed by atoms with Gasteiger partial charge in [-0.3, -0.25) is 4.98 Å². The number of hydrogen-bond donors (Lipinski definition) is 0. The predicted molar refractivity (Wildman–Crippen MR) is 64.0 cm³/mol. The number of rotatable bonds is 1. The van der Waals surface area contributed by atoms with Crippen LogP contribution >= 0.6 is 20.8 Å². The number of aromatic nitrogens is 1. The molecule has 1 unspecified atom stereocenters. The van der Waals surface area contributed by atoms with Gasteiger partial charge in [0.25, 0.3) is 0 Å². The molecule has 1 heterocycles. The molecule has 3 heteroatoms. The molecule has 0 amide bonds. The van der Waals surface area contributed by atoms with Gasteiger partial charge in [-0.25, -0.2) is 0 Å². The Hall–Kier alpha value is -0.910. The fourth-order valence-electron chi connectivity index (χ4n) is 1.30. The van der Waals surface area contributed by atoms with Crippen LogP contribution in [-0.4, -0.2) is 4.98 Å². The van der Waals surface area contributed by atoms with E-state index in [1.54, 1.807) is 6.20 Å². The van der Waals surface area contributed by atoms with Crippen LogP contribution in [-0.2, 0) is 0 Å². The molecule has 0 spiro atoms. The average molecular weight is 222 g/mol. The molecule has 2 aromatic rings. The molecule has 70 valence electrons. The molecule has 0 saturated carbocycles. The van der Waals surface area contributed by atoms with Gasteiger partial charge in [-0.05, 0) is 17.4 Å². The standard InChI is InChI=1S/C11H9ClNP/c12-9-5-2-1-4-8(9)11-10(14)6-3-7-13-11/h1-7H,14H2. The smallest absolute Gasteiger partial charge is 0.0788 e. The largest absolute Gasteiger partial charge is 0.256 e. The molecule has 14 heavy (non-hydrogen) atoms. The Labute approximate surface area is 90.3 Å². The summed E-state index contributed by atoms with van der Waals surface area (Å²) in [6.07, 6.45) is 1.77. The van der Waals surface area contributed by atoms with Gasteiger partial charge in [0.1, 0.15) is 0 Å². The SMILES string of the molecule is Pc1cccnc1-c1ccccc1Cl. The van der Waals surface area contributed by atoms with Gasteiger partial charge in [-0.2, -0.15) is 0 Å². The summed E-state index contributed by atoms with van der Waals surface area (Å²) in [6.45, 7) is 0. The van der Waals surface area contributed by atoms with Crippen LogP contribution in [0.4, 0.5) is 0 Å². The fourth-order valence-corrected chi connectivity index (χ4v) is 1.86. The minimum atomic E-state index is 0.731. The van der Waals surface area contributed by atoms with E-state index in [1.807, 2.05) is 36.4 Å². The van der Waals surface area contributed by atoms with Crippen LogP contribution in [0.25, 0.3) is 11.3 Å². The lowest BCUT2D eigenvalue weighted by Gasteiger charge is -2.05. The van der Waals surface area contributed by atoms with Crippen molar-refractivity contribution in [2.45, 2.75) is 0 Å². The summed E-state index contributed by atoms with van der Waals surface area (Å²) in [4.78, 5) is 4.30. The molecular weight excluding hydrogens is 213 g/mol. The lowest BCUT2D eigenvalue weighted by molar-refractivity contribution is 1.35. The highest BCUT2D eigenvalue weighted by Gasteiger charge is 2.05. The first-order valence-electron chi connectivity index (χ1n) is 4.24. The third kappa shape index (κ3) is 1.79. The van der Waals surface area contributed by atoms with E-state index >= 15 is 0 Å². The summed E-state index contributed by atoms with van der Waals surface area (Å²) in [5.74, 6) is 0. The molecule has 0 bridgehead atoms. The van der Waals surface area contributed by atoms with Crippen molar-refractivity contribution in [2.24, 2.45) is 0 Å². The van der Waals surface area contributed by atoms with Crippen molar-refractivity contribution in [2.75, 3.05) is 0 Å². The summed E-state index contributed by atoms with van der Waals surface area (Å²) in [5.41, 5.74) is 1.89. The van der Waals surface area contributed by atoms with Crippen LogP contribution in [0.5, 0.6) is 0 Å². The highest BCUT2D eigenvalue weighted by molar-refractivity contribution is 7.27. The Morgan fingerprint density at radius 3 is 2.57 bits per heavy atom. The van der Waals surface area contributed by atoms with E-state index in [9.17, 15) is 0 Å². The van der Waals surface area contributed by atoms with E-state index < -0.39 is 0 Å². The molecule has 1 aromatic carbocycles. The van der Waals surface area contributed by atoms with Crippen molar-refractivity contribution in [1.29, 1.82) is 0 Å². The molecule has 0 aliphatic heterocycles. The number of nitrogens with zero attached hydrogens (tertiary/aromatic N) is 1. The number of hydrogen-bond acceptors (Lipinski definition) is 1. The van der Waals surface area contributed by atoms with E-state index in [0.717, 1.165) is 21.6 Å². The molecular formula is C11H9ClNP. The van der Waals surface area contributed by atoms with Crippen LogP contribution in [0, 0.1) is 0 Å². The van der Waals surface area contributed by atoms with Crippen molar-refractivity contribution in [3.8, 4) is 11.3 Å². The summed E-state index contributed by atoms with van der Waals surface area (Å²) in [6, 6.07) is 11.6. The third-order valence-corrected chi connectivity index (χ3v) is 2.76. The van der Waals surface area contributed by atoms with E-state index in [0.29, 0.717) is 0 Å². The minimum Gasteiger partial charge on any atom is -0.256 e. The summed E-state index contributed by atoms with van der Waals surface area (Å²) in [7, 11) is 2.66. The van der Waals surface area contributed by atoms with Gasteiger partial charge in [-0.1, -0.05) is 35.9 Å². The van der Waals surface area contributed by atoms with Gasteiger partial charge in [0, 0.05) is 16.8 Å². The molecule has 0 radical (unpaired) electrons. The predicted octanol–water partition coefficient (Wildman–Crippen LogP) is 2.90. The van der Waals surface area contributed by atoms with Crippen molar-refractivity contribution in [3.05, 3.63) is 47.6 Å². The van der Waals surface area contributed by atoms with Gasteiger partial charge in [0.2, 0.25) is 0 Å². The van der Waals surface area contributed by atoms with Crippen LogP contribution < -0.4 is 5.30 Å².